The van der Waals surface area contributed by atoms with Gasteiger partial charge in [-0.15, -0.1) is 0 Å². The summed E-state index contributed by atoms with van der Waals surface area (Å²) in [5, 5.41) is 6.75. The van der Waals surface area contributed by atoms with E-state index in [9.17, 15) is 0 Å². The van der Waals surface area contributed by atoms with Crippen LogP contribution in [0.3, 0.4) is 0 Å². The summed E-state index contributed by atoms with van der Waals surface area (Å²) in [4.78, 5) is 0. The topological polar surface area (TPSA) is 20.2 Å². The Morgan fingerprint density at radius 2 is 1.00 bits per heavy atom. The van der Waals surface area contributed by atoms with Crippen molar-refractivity contribution in [3.05, 3.63) is 14.5 Å². The van der Waals surface area contributed by atoms with E-state index in [1.54, 1.807) is 0 Å². The third-order valence-corrected chi connectivity index (χ3v) is 0. The number of hydrogen-bond donors (Lipinski definition) is 1. The molecular weight excluding hydrogens is 409 g/mol. The molecule has 0 aromatic heterocycles. The fourth-order valence-corrected chi connectivity index (χ4v) is 0. The quantitative estimate of drug-likeness (QED) is 0.575. The van der Waals surface area contributed by atoms with Crippen LogP contribution in [-0.4, -0.2) is 5.11 Å². The van der Waals surface area contributed by atoms with Gasteiger partial charge in [-0.3, -0.25) is 0 Å². The predicted molar refractivity (Wildman–Crippen MR) is 13.7 cm³/mol. The van der Waals surface area contributed by atoms with Crippen LogP contribution in [0, 0.1) is 14.5 Å². The van der Waals surface area contributed by atoms with Crippen molar-refractivity contribution in [3.63, 3.8) is 0 Å². The molecule has 0 aromatic rings. The molecule has 0 amide bonds. The molecule has 0 aromatic carbocycles. The first-order chi connectivity index (χ1) is 1.00. The third kappa shape index (κ3) is 2440. The minimum Gasteiger partial charge on any atom is -0.569 e. The molecule has 0 unspecified atom stereocenters. The zero-order valence-corrected chi connectivity index (χ0v) is 12.9. The van der Waals surface area contributed by atoms with Crippen LogP contribution in [0.1, 0.15) is 0 Å². The summed E-state index contributed by atoms with van der Waals surface area (Å²) in [6.07, 6.45) is 0. The summed E-state index contributed by atoms with van der Waals surface area (Å²) in [5.74, 6) is 0. The summed E-state index contributed by atoms with van der Waals surface area (Å²) in [6.45, 7) is 0. The first-order valence-corrected chi connectivity index (χ1v) is 0.316. The standard InChI is InChI=1S/CH3O.CH3.Rf.2V/c1-2;;;;/h2H,1H2;1H3;;;/q2*-1;;;. The van der Waals surface area contributed by atoms with Crippen molar-refractivity contribution < 1.29 is 42.2 Å². The van der Waals surface area contributed by atoms with E-state index in [1.807, 2.05) is 0 Å². The van der Waals surface area contributed by atoms with E-state index < -0.39 is 0 Å². The molecule has 2 radical (unpaired) electrons. The van der Waals surface area contributed by atoms with Crippen LogP contribution in [0.5, 0.6) is 0 Å². The van der Waals surface area contributed by atoms with Gasteiger partial charge in [0.25, 0.3) is 0 Å². The van der Waals surface area contributed by atoms with Gasteiger partial charge in [-0.2, -0.15) is 0 Å². The first kappa shape index (κ1) is 127. The summed E-state index contributed by atoms with van der Waals surface area (Å²) in [6, 6.07) is 0. The summed E-state index contributed by atoms with van der Waals surface area (Å²) >= 11 is 0. The van der Waals surface area contributed by atoms with E-state index in [-0.39, 0.29) is 44.5 Å². The number of aliphatic hydroxyl groups excluding tert-OH is 1. The number of rotatable bonds is 0. The van der Waals surface area contributed by atoms with Crippen LogP contribution in [0.2, 0.25) is 0 Å². The maximum Gasteiger partial charge on any atom is 0 e. The summed E-state index contributed by atoms with van der Waals surface area (Å²) < 4.78 is 0. The second-order valence-electron chi connectivity index (χ2n) is 0. The molecule has 0 spiro atoms. The smallest absolute Gasteiger partial charge is 0 e. The number of hydrogen-bond acceptors (Lipinski definition) is 1. The molecule has 0 aliphatic rings. The van der Waals surface area contributed by atoms with E-state index in [4.69, 9.17) is 5.11 Å². The van der Waals surface area contributed by atoms with Crippen molar-refractivity contribution >= 4 is 0 Å². The third-order valence-electron chi connectivity index (χ3n) is 0. The van der Waals surface area contributed by atoms with Crippen LogP contribution in [0.15, 0.2) is 0 Å². The Morgan fingerprint density at radius 1 is 1.00 bits per heavy atom. The molecule has 0 saturated carbocycles. The Balaban J connectivity index is -0.000000000833. The molecule has 0 fully saturated rings. The molecule has 0 saturated heterocycles. The molecule has 0 aliphatic heterocycles. The maximum absolute atomic E-state index is 6.75. The van der Waals surface area contributed by atoms with E-state index in [1.165, 1.54) is 0 Å². The molecule has 0 rings (SSSR count). The Kier molecular flexibility index (Phi) is 111000. The average molecular weight is 415 g/mol. The van der Waals surface area contributed by atoms with Gasteiger partial charge >= 0.3 is 0 Å². The Hall–Kier alpha value is 0.129. The second kappa shape index (κ2) is 5270. The monoisotopic (exact) mass is 415 g/mol. The molecule has 0 bridgehead atoms. The van der Waals surface area contributed by atoms with Crippen LogP contribution >= 0.6 is 0 Å². The zero-order chi connectivity index (χ0) is 2.00. The molecule has 0 heterocycles. The Bertz CT molecular complexity index is 11.5. The summed E-state index contributed by atoms with van der Waals surface area (Å²) in [5.41, 5.74) is 0. The van der Waals surface area contributed by atoms with Crippen molar-refractivity contribution in [2.24, 2.45) is 0 Å². The van der Waals surface area contributed by atoms with Gasteiger partial charge in [0.15, 0.2) is 0 Å². The maximum atomic E-state index is 6.75. The van der Waals surface area contributed by atoms with Gasteiger partial charge in [0.2, 0.25) is 0 Å². The molecular formula is C2H6ORfV2-2. The zero-order valence-electron chi connectivity index (χ0n) is 3.76. The molecule has 0 aliphatic carbocycles. The normalized spacial score (nSPS) is 1.00. The van der Waals surface area contributed by atoms with Gasteiger partial charge < -0.3 is 12.5 Å². The van der Waals surface area contributed by atoms with Gasteiger partial charge in [0.1, 0.15) is 0 Å². The van der Waals surface area contributed by atoms with Gasteiger partial charge in [-0.05, 0) is 0 Å². The minimum atomic E-state index is 0. The van der Waals surface area contributed by atoms with Gasteiger partial charge in [-0.25, -0.2) is 7.11 Å². The molecule has 6 heavy (non-hydrogen) atoms. The fourth-order valence-electron chi connectivity index (χ4n) is 0. The van der Waals surface area contributed by atoms with Crippen molar-refractivity contribution in [2.75, 3.05) is 0 Å². The van der Waals surface area contributed by atoms with E-state index in [0.29, 0.717) is 0 Å². The molecule has 1 nitrogen and oxygen atoms in total. The van der Waals surface area contributed by atoms with Crippen LogP contribution in [0.4, 0.5) is 0 Å². The van der Waals surface area contributed by atoms with Crippen molar-refractivity contribution in [1.29, 1.82) is 0 Å². The van der Waals surface area contributed by atoms with Crippen molar-refractivity contribution in [3.8, 4) is 0 Å². The van der Waals surface area contributed by atoms with Crippen LogP contribution < -0.4 is 0 Å². The SMILES string of the molecule is [CH2-]O.[CH3-].[Rf].[V].[V]. The van der Waals surface area contributed by atoms with E-state index in [0.717, 1.165) is 0 Å². The summed E-state index contributed by atoms with van der Waals surface area (Å²) in [7, 11) is 2.25. The Morgan fingerprint density at radius 3 is 1.00 bits per heavy atom. The first-order valence-electron chi connectivity index (χ1n) is 0.316. The van der Waals surface area contributed by atoms with E-state index in [2.05, 4.69) is 7.11 Å². The molecule has 1 N–H and O–H groups in total. The molecule has 0 atom stereocenters. The van der Waals surface area contributed by atoms with Gasteiger partial charge in [0, 0.05) is 37.1 Å². The van der Waals surface area contributed by atoms with Crippen LogP contribution in [-0.2, 0) is 37.1 Å². The van der Waals surface area contributed by atoms with Crippen molar-refractivity contribution in [2.45, 2.75) is 0 Å². The Labute approximate surface area is 56.9 Å². The molecule has 4 heteroatoms. The van der Waals surface area contributed by atoms with E-state index >= 15 is 0 Å². The fraction of sp³-hybridized carbons (Fsp3) is 0. The molecule has 34 valence electrons. The van der Waals surface area contributed by atoms with Gasteiger partial charge in [0.05, 0.1) is 0 Å². The van der Waals surface area contributed by atoms with Crippen LogP contribution in [0.25, 0.3) is 0 Å². The van der Waals surface area contributed by atoms with Crippen molar-refractivity contribution in [1.82, 2.24) is 0 Å². The average Bonchev–Trinajstić information content (AvgIpc) is 1.00. The predicted octanol–water partition coefficient (Wildman–Crippen LogP) is 0.596. The second-order valence-corrected chi connectivity index (χ2v) is 0. The minimum absolute atomic E-state index is 0. The number of aliphatic hydroxyl groups is 1. The van der Waals surface area contributed by atoms with Gasteiger partial charge in [-0.1, -0.05) is 0 Å². The largest absolute Gasteiger partial charge is 0.569 e.